The van der Waals surface area contributed by atoms with Crippen molar-refractivity contribution in [3.05, 3.63) is 71.9 Å². The van der Waals surface area contributed by atoms with Crippen LogP contribution in [0.3, 0.4) is 0 Å². The van der Waals surface area contributed by atoms with Crippen LogP contribution in [0.2, 0.25) is 5.02 Å². The molecular formula is C38H43ClN6O7S. The summed E-state index contributed by atoms with van der Waals surface area (Å²) in [5.41, 5.74) is -1.73. The normalized spacial score (nSPS) is 23.0. The van der Waals surface area contributed by atoms with Gasteiger partial charge in [0.15, 0.2) is 0 Å². The number of sulfonamides is 1. The van der Waals surface area contributed by atoms with Gasteiger partial charge in [0.25, 0.3) is 11.8 Å². The molecule has 2 heterocycles. The lowest BCUT2D eigenvalue weighted by molar-refractivity contribution is -0.141. The Morgan fingerprint density at radius 1 is 1.17 bits per heavy atom. The van der Waals surface area contributed by atoms with Gasteiger partial charge in [-0.25, -0.2) is 23.1 Å². The Bertz CT molecular complexity index is 2110. The number of carbonyl (C=O) groups excluding carboxylic acids is 3. The number of fused-ring (bicyclic) bond motifs is 1. The van der Waals surface area contributed by atoms with Crippen molar-refractivity contribution in [1.82, 2.24) is 19.5 Å². The van der Waals surface area contributed by atoms with E-state index in [-0.39, 0.29) is 18.8 Å². The number of pyridine rings is 1. The van der Waals surface area contributed by atoms with Gasteiger partial charge in [0.1, 0.15) is 23.4 Å². The molecule has 2 saturated carbocycles. The molecule has 15 heteroatoms. The third kappa shape index (κ3) is 7.37. The number of rotatable bonds is 11. The molecule has 1 unspecified atom stereocenters. The monoisotopic (exact) mass is 762 g/mol. The zero-order chi connectivity index (χ0) is 38.5. The molecule has 3 fully saturated rings. The number of nitrogens with zero attached hydrogens (tertiary/aromatic N) is 4. The molecule has 1 aliphatic heterocycles. The van der Waals surface area contributed by atoms with Gasteiger partial charge in [-0.1, -0.05) is 38.4 Å². The van der Waals surface area contributed by atoms with Gasteiger partial charge in [-0.05, 0) is 74.1 Å². The highest BCUT2D eigenvalue weighted by Crippen LogP contribution is 2.52. The number of imide groups is 1. The molecule has 1 aromatic heterocycles. The van der Waals surface area contributed by atoms with E-state index in [1.807, 2.05) is 27.7 Å². The maximum atomic E-state index is 15.0. The molecule has 280 valence electrons. The molecule has 3 aromatic rings. The fourth-order valence-corrected chi connectivity index (χ4v) is 8.47. The van der Waals surface area contributed by atoms with Gasteiger partial charge in [0, 0.05) is 39.9 Å². The van der Waals surface area contributed by atoms with Crippen LogP contribution in [0.15, 0.2) is 61.3 Å². The minimum absolute atomic E-state index is 0.00159. The predicted octanol–water partition coefficient (Wildman–Crippen LogP) is 5.64. The number of amides is 4. The van der Waals surface area contributed by atoms with Crippen molar-refractivity contribution in [3.63, 3.8) is 0 Å². The maximum absolute atomic E-state index is 15.0. The van der Waals surface area contributed by atoms with Crippen molar-refractivity contribution in [2.45, 2.75) is 82.4 Å². The Morgan fingerprint density at radius 3 is 2.45 bits per heavy atom. The molecule has 13 nitrogen and oxygen atoms in total. The summed E-state index contributed by atoms with van der Waals surface area (Å²) in [6, 6.07) is 11.5. The van der Waals surface area contributed by atoms with E-state index in [0.29, 0.717) is 46.7 Å². The highest BCUT2D eigenvalue weighted by molar-refractivity contribution is 7.91. The minimum atomic E-state index is -4.03. The molecule has 6 rings (SSSR count). The molecule has 53 heavy (non-hydrogen) atoms. The Balaban J connectivity index is 1.36. The third-order valence-electron chi connectivity index (χ3n) is 10.2. The fourth-order valence-electron chi connectivity index (χ4n) is 6.94. The van der Waals surface area contributed by atoms with Crippen LogP contribution in [-0.2, 0) is 19.6 Å². The fraction of sp³-hybridized carbons (Fsp3) is 0.447. The van der Waals surface area contributed by atoms with Gasteiger partial charge in [0.05, 0.1) is 36.7 Å². The van der Waals surface area contributed by atoms with Crippen molar-refractivity contribution in [3.8, 4) is 17.7 Å². The quantitative estimate of drug-likeness (QED) is 0.233. The summed E-state index contributed by atoms with van der Waals surface area (Å²) in [6.07, 6.45) is 3.66. The van der Waals surface area contributed by atoms with Crippen LogP contribution < -0.4 is 19.5 Å². The Labute approximate surface area is 314 Å². The van der Waals surface area contributed by atoms with Crippen molar-refractivity contribution in [2.24, 2.45) is 11.3 Å². The number of urea groups is 1. The molecule has 4 amide bonds. The van der Waals surface area contributed by atoms with Gasteiger partial charge in [-0.2, -0.15) is 5.26 Å². The molecule has 5 atom stereocenters. The molecular weight excluding hydrogens is 720 g/mol. The highest BCUT2D eigenvalue weighted by atomic mass is 35.5. The molecule has 2 aromatic carbocycles. The molecule has 3 aliphatic rings. The van der Waals surface area contributed by atoms with Crippen LogP contribution in [0, 0.1) is 22.7 Å². The first kappa shape index (κ1) is 37.9. The van der Waals surface area contributed by atoms with Gasteiger partial charge in [-0.3, -0.25) is 14.3 Å². The van der Waals surface area contributed by atoms with Crippen molar-refractivity contribution < 1.29 is 32.3 Å². The smallest absolute Gasteiger partial charge is 0.328 e. The number of nitrogens with one attached hydrogen (secondary N) is 2. The summed E-state index contributed by atoms with van der Waals surface area (Å²) in [5, 5.41) is 13.6. The van der Waals surface area contributed by atoms with Gasteiger partial charge in [-0.15, -0.1) is 6.58 Å². The highest BCUT2D eigenvalue weighted by Gasteiger charge is 2.68. The third-order valence-corrected chi connectivity index (χ3v) is 12.2. The lowest BCUT2D eigenvalue weighted by atomic mass is 9.85. The van der Waals surface area contributed by atoms with Crippen molar-refractivity contribution >= 4 is 55.9 Å². The number of nitriles is 1. The summed E-state index contributed by atoms with van der Waals surface area (Å²) in [4.78, 5) is 51.1. The minimum Gasteiger partial charge on any atom is -0.494 e. The summed E-state index contributed by atoms with van der Waals surface area (Å²) in [6.45, 7) is 11.2. The van der Waals surface area contributed by atoms with Crippen molar-refractivity contribution in [1.29, 1.82) is 5.26 Å². The molecule has 2 aliphatic carbocycles. The second kappa shape index (κ2) is 14.2. The Hall–Kier alpha value is -4.87. The van der Waals surface area contributed by atoms with E-state index in [1.54, 1.807) is 48.7 Å². The maximum Gasteiger partial charge on any atom is 0.328 e. The van der Waals surface area contributed by atoms with Crippen LogP contribution in [0.25, 0.3) is 10.8 Å². The van der Waals surface area contributed by atoms with Crippen LogP contribution in [0.4, 0.5) is 10.5 Å². The van der Waals surface area contributed by atoms with Gasteiger partial charge in [0.2, 0.25) is 15.9 Å². The van der Waals surface area contributed by atoms with Crippen LogP contribution >= 0.6 is 11.6 Å². The number of hydrogen-bond acceptors (Lipinski definition) is 10. The van der Waals surface area contributed by atoms with Crippen LogP contribution in [0.1, 0.15) is 58.9 Å². The van der Waals surface area contributed by atoms with E-state index in [1.165, 1.54) is 18.1 Å². The first-order valence-corrected chi connectivity index (χ1v) is 19.4. The molecule has 2 N–H and O–H groups in total. The number of ether oxygens (including phenoxy) is 2. The SMILES string of the molecule is C=C[C@@H]1C[C@@]1(C(=O)NS(=O)(=O)C1CC1)N(C(=O)[C@H](Nc1ccc(C#N)cc1)C(C)(C)C)C(=O)N1C[C@H](Oc2ncc(OC)c3ccc(Cl)cc23)CC1C. The van der Waals surface area contributed by atoms with Crippen molar-refractivity contribution in [2.75, 3.05) is 19.0 Å². The van der Waals surface area contributed by atoms with E-state index in [2.05, 4.69) is 27.7 Å². The average molecular weight is 763 g/mol. The van der Waals surface area contributed by atoms with E-state index >= 15 is 4.79 Å². The lowest BCUT2D eigenvalue weighted by Gasteiger charge is -2.40. The molecule has 1 saturated heterocycles. The molecule has 0 radical (unpaired) electrons. The second-order valence-electron chi connectivity index (χ2n) is 15.0. The number of aromatic nitrogens is 1. The summed E-state index contributed by atoms with van der Waals surface area (Å²) in [7, 11) is -2.50. The van der Waals surface area contributed by atoms with E-state index in [4.69, 9.17) is 21.1 Å². The number of benzene rings is 2. The topological polar surface area (TPSA) is 171 Å². The summed E-state index contributed by atoms with van der Waals surface area (Å²) < 4.78 is 40.2. The first-order valence-electron chi connectivity index (χ1n) is 17.4. The first-order chi connectivity index (χ1) is 25.0. The zero-order valence-corrected chi connectivity index (χ0v) is 31.8. The number of anilines is 1. The molecule has 0 spiro atoms. The van der Waals surface area contributed by atoms with Crippen LogP contribution in [-0.4, -0.2) is 83.7 Å². The Morgan fingerprint density at radius 2 is 1.87 bits per heavy atom. The summed E-state index contributed by atoms with van der Waals surface area (Å²) >= 11 is 6.33. The standard InChI is InChI=1S/C38H43ClN6O7S/c1-7-24-18-38(24,35(47)43-53(49,50)28-13-14-28)45(34(46)32(37(3,4)5)42-26-11-8-23(19-40)9-12-26)36(48)44-21-27(16-22(44)2)52-33-30-17-25(39)10-15-29(30)31(51-6)20-41-33/h7-12,15,17,20,22,24,27-28,32,42H,1,13-14,16,18,21H2,2-6H3,(H,43,47)/t22?,24-,27-,32+,38-/m1/s1. The largest absolute Gasteiger partial charge is 0.494 e. The molecule has 0 bridgehead atoms. The van der Waals surface area contributed by atoms with E-state index in [0.717, 1.165) is 10.3 Å². The van der Waals surface area contributed by atoms with Gasteiger partial charge >= 0.3 is 6.03 Å². The second-order valence-corrected chi connectivity index (χ2v) is 17.4. The number of carbonyl (C=O) groups is 3. The van der Waals surface area contributed by atoms with E-state index in [9.17, 15) is 23.3 Å². The van der Waals surface area contributed by atoms with E-state index < -0.39 is 68.2 Å². The number of methoxy groups -OCH3 is 1. The van der Waals surface area contributed by atoms with Crippen LogP contribution in [0.5, 0.6) is 11.6 Å². The average Bonchev–Trinajstić information content (AvgIpc) is 4.04. The summed E-state index contributed by atoms with van der Waals surface area (Å²) in [5.74, 6) is -1.55. The number of hydrogen-bond donors (Lipinski definition) is 2. The number of halogens is 1. The zero-order valence-electron chi connectivity index (χ0n) is 30.3. The number of likely N-dealkylation sites (tertiary alicyclic amines) is 1. The lowest BCUT2D eigenvalue weighted by Crippen LogP contribution is -2.64. The van der Waals surface area contributed by atoms with Gasteiger partial charge < -0.3 is 19.7 Å². The Kier molecular flexibility index (Phi) is 10.1. The predicted molar refractivity (Wildman–Crippen MR) is 200 cm³/mol.